The Balaban J connectivity index is 2.40. The predicted octanol–water partition coefficient (Wildman–Crippen LogP) is 1.01. The molecular formula is C12H24N2O2. The van der Waals surface area contributed by atoms with Gasteiger partial charge in [0, 0.05) is 31.2 Å². The number of nitrogens with one attached hydrogen (secondary N) is 1. The smallest absolute Gasteiger partial charge is 0.307 e. The van der Waals surface area contributed by atoms with E-state index in [4.69, 9.17) is 4.74 Å². The molecule has 1 aliphatic rings. The molecule has 0 radical (unpaired) electrons. The Morgan fingerprint density at radius 1 is 1.44 bits per heavy atom. The van der Waals surface area contributed by atoms with Crippen LogP contribution in [-0.2, 0) is 9.53 Å². The Bertz CT molecular complexity index is 223. The molecule has 0 aromatic carbocycles. The van der Waals surface area contributed by atoms with Gasteiger partial charge in [-0.1, -0.05) is 0 Å². The predicted molar refractivity (Wildman–Crippen MR) is 64.3 cm³/mol. The van der Waals surface area contributed by atoms with Crippen LogP contribution in [0.4, 0.5) is 0 Å². The molecule has 0 amide bonds. The van der Waals surface area contributed by atoms with Gasteiger partial charge in [-0.2, -0.15) is 0 Å². The zero-order valence-electron chi connectivity index (χ0n) is 10.8. The lowest BCUT2D eigenvalue weighted by atomic mass is 10.1. The molecule has 0 aromatic rings. The van der Waals surface area contributed by atoms with Crippen LogP contribution in [0, 0.1) is 0 Å². The summed E-state index contributed by atoms with van der Waals surface area (Å²) in [4.78, 5) is 13.8. The molecular weight excluding hydrogens is 204 g/mol. The number of ether oxygens (including phenoxy) is 1. The van der Waals surface area contributed by atoms with Gasteiger partial charge in [0.2, 0.25) is 0 Å². The zero-order chi connectivity index (χ0) is 12.1. The first-order chi connectivity index (χ1) is 7.52. The van der Waals surface area contributed by atoms with Crippen molar-refractivity contribution in [3.05, 3.63) is 0 Å². The largest absolute Gasteiger partial charge is 0.466 e. The Hall–Kier alpha value is -0.610. The van der Waals surface area contributed by atoms with Gasteiger partial charge in [-0.05, 0) is 27.7 Å². The third-order valence-electron chi connectivity index (χ3n) is 2.98. The molecule has 16 heavy (non-hydrogen) atoms. The monoisotopic (exact) mass is 228 g/mol. The number of esters is 1. The summed E-state index contributed by atoms with van der Waals surface area (Å²) in [6, 6.07) is 1.26. The third-order valence-corrected chi connectivity index (χ3v) is 2.98. The lowest BCUT2D eigenvalue weighted by molar-refractivity contribution is -0.144. The summed E-state index contributed by atoms with van der Waals surface area (Å²) in [5, 5.41) is 3.48. The molecule has 0 aromatic heterocycles. The van der Waals surface area contributed by atoms with Crippen molar-refractivity contribution < 1.29 is 9.53 Å². The fourth-order valence-electron chi connectivity index (χ4n) is 2.32. The van der Waals surface area contributed by atoms with E-state index in [0.717, 1.165) is 13.1 Å². The van der Waals surface area contributed by atoms with Crippen molar-refractivity contribution in [2.75, 3.05) is 19.7 Å². The van der Waals surface area contributed by atoms with E-state index in [1.54, 1.807) is 0 Å². The number of hydrogen-bond acceptors (Lipinski definition) is 4. The summed E-state index contributed by atoms with van der Waals surface area (Å²) in [5.74, 6) is -0.0890. The fourth-order valence-corrected chi connectivity index (χ4v) is 2.32. The van der Waals surface area contributed by atoms with Crippen LogP contribution < -0.4 is 5.32 Å². The summed E-state index contributed by atoms with van der Waals surface area (Å²) >= 11 is 0. The van der Waals surface area contributed by atoms with Gasteiger partial charge in [0.1, 0.15) is 0 Å². The van der Waals surface area contributed by atoms with Gasteiger partial charge >= 0.3 is 5.97 Å². The van der Waals surface area contributed by atoms with E-state index < -0.39 is 0 Å². The Kier molecular flexibility index (Phi) is 5.22. The summed E-state index contributed by atoms with van der Waals surface area (Å²) in [6.07, 6.45) is 0.493. The van der Waals surface area contributed by atoms with Gasteiger partial charge in [-0.15, -0.1) is 0 Å². The highest BCUT2D eigenvalue weighted by atomic mass is 16.5. The molecule has 0 spiro atoms. The highest BCUT2D eigenvalue weighted by molar-refractivity contribution is 5.70. The highest BCUT2D eigenvalue weighted by Crippen LogP contribution is 2.11. The number of carbonyl (C=O) groups is 1. The zero-order valence-corrected chi connectivity index (χ0v) is 10.8. The van der Waals surface area contributed by atoms with Crippen molar-refractivity contribution in [3.8, 4) is 0 Å². The molecule has 1 rings (SSSR count). The topological polar surface area (TPSA) is 41.6 Å². The van der Waals surface area contributed by atoms with Crippen LogP contribution in [0.2, 0.25) is 0 Å². The van der Waals surface area contributed by atoms with E-state index in [1.165, 1.54) is 0 Å². The summed E-state index contributed by atoms with van der Waals surface area (Å²) in [7, 11) is 0. The molecule has 1 N–H and O–H groups in total. The maximum atomic E-state index is 11.4. The molecule has 0 saturated carbocycles. The molecule has 1 saturated heterocycles. The summed E-state index contributed by atoms with van der Waals surface area (Å²) in [6.45, 7) is 10.8. The minimum absolute atomic E-state index is 0.0890. The number of rotatable bonds is 4. The molecule has 0 aliphatic carbocycles. The molecule has 4 nitrogen and oxygen atoms in total. The second-order valence-corrected chi connectivity index (χ2v) is 4.78. The van der Waals surface area contributed by atoms with Crippen LogP contribution in [0.25, 0.3) is 0 Å². The van der Waals surface area contributed by atoms with Crippen molar-refractivity contribution in [3.63, 3.8) is 0 Å². The number of nitrogens with zero attached hydrogens (tertiary/aromatic N) is 1. The second kappa shape index (κ2) is 6.21. The molecule has 3 atom stereocenters. The van der Waals surface area contributed by atoms with Crippen LogP contribution in [-0.4, -0.2) is 48.7 Å². The van der Waals surface area contributed by atoms with Crippen molar-refractivity contribution in [1.29, 1.82) is 0 Å². The quantitative estimate of drug-likeness (QED) is 0.729. The SMILES string of the molecule is CCOC(=O)CC(C)N1CC(C)NC(C)C1. The molecule has 4 heteroatoms. The van der Waals surface area contributed by atoms with Gasteiger partial charge in [0.15, 0.2) is 0 Å². The lowest BCUT2D eigenvalue weighted by Gasteiger charge is -2.39. The molecule has 3 unspecified atom stereocenters. The van der Waals surface area contributed by atoms with Gasteiger partial charge in [-0.25, -0.2) is 0 Å². The van der Waals surface area contributed by atoms with Crippen molar-refractivity contribution in [1.82, 2.24) is 10.2 Å². The molecule has 1 aliphatic heterocycles. The fraction of sp³-hybridized carbons (Fsp3) is 0.917. The van der Waals surface area contributed by atoms with Crippen molar-refractivity contribution in [2.45, 2.75) is 52.2 Å². The van der Waals surface area contributed by atoms with Gasteiger partial charge in [0.25, 0.3) is 0 Å². The molecule has 94 valence electrons. The van der Waals surface area contributed by atoms with Crippen molar-refractivity contribution in [2.24, 2.45) is 0 Å². The molecule has 1 heterocycles. The number of carbonyl (C=O) groups excluding carboxylic acids is 1. The van der Waals surface area contributed by atoms with Crippen LogP contribution in [0.15, 0.2) is 0 Å². The molecule has 1 fully saturated rings. The van der Waals surface area contributed by atoms with Crippen LogP contribution in [0.5, 0.6) is 0 Å². The molecule has 0 bridgehead atoms. The number of hydrogen-bond donors (Lipinski definition) is 1. The minimum Gasteiger partial charge on any atom is -0.466 e. The van der Waals surface area contributed by atoms with Gasteiger partial charge < -0.3 is 10.1 Å². The summed E-state index contributed by atoms with van der Waals surface area (Å²) in [5.41, 5.74) is 0. The maximum Gasteiger partial charge on any atom is 0.307 e. The first-order valence-corrected chi connectivity index (χ1v) is 6.18. The van der Waals surface area contributed by atoms with Gasteiger partial charge in [-0.3, -0.25) is 9.69 Å². The third kappa shape index (κ3) is 4.10. The average molecular weight is 228 g/mol. The Morgan fingerprint density at radius 3 is 2.50 bits per heavy atom. The van der Waals surface area contributed by atoms with E-state index in [-0.39, 0.29) is 12.0 Å². The van der Waals surface area contributed by atoms with Gasteiger partial charge in [0.05, 0.1) is 13.0 Å². The standard InChI is InChI=1S/C12H24N2O2/c1-5-16-12(15)6-11(4)14-7-9(2)13-10(3)8-14/h9-11,13H,5-8H2,1-4H3. The lowest BCUT2D eigenvalue weighted by Crippen LogP contribution is -2.56. The van der Waals surface area contributed by atoms with E-state index in [1.807, 2.05) is 6.92 Å². The first-order valence-electron chi connectivity index (χ1n) is 6.18. The Labute approximate surface area is 98.3 Å². The van der Waals surface area contributed by atoms with Crippen molar-refractivity contribution >= 4 is 5.97 Å². The van der Waals surface area contributed by atoms with E-state index in [2.05, 4.69) is 31.0 Å². The normalized spacial score (nSPS) is 28.8. The Morgan fingerprint density at radius 2 is 2.00 bits per heavy atom. The summed E-state index contributed by atoms with van der Waals surface area (Å²) < 4.78 is 4.98. The second-order valence-electron chi connectivity index (χ2n) is 4.78. The number of piperazine rings is 1. The van der Waals surface area contributed by atoms with Crippen LogP contribution in [0.1, 0.15) is 34.1 Å². The van der Waals surface area contributed by atoms with E-state index in [9.17, 15) is 4.79 Å². The first kappa shape index (κ1) is 13.5. The van der Waals surface area contributed by atoms with Crippen LogP contribution >= 0.6 is 0 Å². The highest BCUT2D eigenvalue weighted by Gasteiger charge is 2.25. The average Bonchev–Trinajstić information content (AvgIpc) is 2.16. The maximum absolute atomic E-state index is 11.4. The van der Waals surface area contributed by atoms with E-state index >= 15 is 0 Å². The van der Waals surface area contributed by atoms with Crippen LogP contribution in [0.3, 0.4) is 0 Å². The minimum atomic E-state index is -0.0890. The van der Waals surface area contributed by atoms with E-state index in [0.29, 0.717) is 25.1 Å².